The smallest absolute Gasteiger partial charge is 0.246 e. The summed E-state index contributed by atoms with van der Waals surface area (Å²) in [5, 5.41) is 1.25. The van der Waals surface area contributed by atoms with Gasteiger partial charge in [-0.25, -0.2) is 0 Å². The Morgan fingerprint density at radius 3 is 2.85 bits per heavy atom. The normalized spacial score (nSPS) is 14.8. The molecule has 0 atom stereocenters. The van der Waals surface area contributed by atoms with Crippen LogP contribution < -0.4 is 0 Å². The standard InChI is InChI=1S/C23H22N2O/c1-17-5-4-6-18(15-17)9-10-23(26)25-13-11-19(12-14-25)21-16-24-22-8-3-2-7-20(21)22/h2-11,15-16,24H,12-14H2,1H3/b10-9+. The van der Waals surface area contributed by atoms with Crippen molar-refractivity contribution >= 4 is 28.5 Å². The number of nitrogens with one attached hydrogen (secondary N) is 1. The molecule has 0 bridgehead atoms. The molecule has 3 aromatic rings. The van der Waals surface area contributed by atoms with E-state index in [4.69, 9.17) is 0 Å². The van der Waals surface area contributed by atoms with Crippen LogP contribution in [0.25, 0.3) is 22.6 Å². The van der Waals surface area contributed by atoms with Gasteiger partial charge in [0.05, 0.1) is 0 Å². The number of carbonyl (C=O) groups is 1. The van der Waals surface area contributed by atoms with Gasteiger partial charge in [-0.05, 0) is 36.6 Å². The van der Waals surface area contributed by atoms with Gasteiger partial charge in [0.25, 0.3) is 0 Å². The van der Waals surface area contributed by atoms with Gasteiger partial charge < -0.3 is 9.88 Å². The van der Waals surface area contributed by atoms with E-state index < -0.39 is 0 Å². The number of carbonyl (C=O) groups excluding carboxylic acids is 1. The second kappa shape index (κ2) is 7.04. The fraction of sp³-hybridized carbons (Fsp3) is 0.174. The Morgan fingerprint density at radius 1 is 1.15 bits per heavy atom. The first-order valence-corrected chi connectivity index (χ1v) is 9.00. The van der Waals surface area contributed by atoms with Crippen molar-refractivity contribution in [2.45, 2.75) is 13.3 Å². The molecule has 0 unspecified atom stereocenters. The van der Waals surface area contributed by atoms with Gasteiger partial charge in [0.2, 0.25) is 5.91 Å². The zero-order valence-corrected chi connectivity index (χ0v) is 14.9. The molecule has 26 heavy (non-hydrogen) atoms. The molecule has 1 aliphatic heterocycles. The molecule has 1 amide bonds. The Kier molecular flexibility index (Phi) is 4.44. The largest absolute Gasteiger partial charge is 0.361 e. The third-order valence-corrected chi connectivity index (χ3v) is 4.92. The number of fused-ring (bicyclic) bond motifs is 1. The van der Waals surface area contributed by atoms with Crippen LogP contribution in [0.5, 0.6) is 0 Å². The third kappa shape index (κ3) is 3.33. The summed E-state index contributed by atoms with van der Waals surface area (Å²) in [7, 11) is 0. The van der Waals surface area contributed by atoms with Crippen molar-refractivity contribution < 1.29 is 4.79 Å². The molecule has 3 heteroatoms. The van der Waals surface area contributed by atoms with E-state index in [1.165, 1.54) is 22.1 Å². The van der Waals surface area contributed by atoms with Crippen molar-refractivity contribution in [3.8, 4) is 0 Å². The van der Waals surface area contributed by atoms with Gasteiger partial charge in [0.1, 0.15) is 0 Å². The van der Waals surface area contributed by atoms with Gasteiger partial charge >= 0.3 is 0 Å². The predicted molar refractivity (Wildman–Crippen MR) is 108 cm³/mol. The first-order chi connectivity index (χ1) is 12.7. The first-order valence-electron chi connectivity index (χ1n) is 9.00. The van der Waals surface area contributed by atoms with E-state index in [1.54, 1.807) is 6.08 Å². The molecule has 2 heterocycles. The van der Waals surface area contributed by atoms with Crippen molar-refractivity contribution in [3.05, 3.63) is 83.6 Å². The molecule has 0 spiro atoms. The van der Waals surface area contributed by atoms with Gasteiger partial charge in [-0.15, -0.1) is 0 Å². The number of H-pyrrole nitrogens is 1. The monoisotopic (exact) mass is 342 g/mol. The van der Waals surface area contributed by atoms with E-state index in [-0.39, 0.29) is 5.91 Å². The van der Waals surface area contributed by atoms with Crippen LogP contribution in [0, 0.1) is 6.92 Å². The third-order valence-electron chi connectivity index (χ3n) is 4.92. The van der Waals surface area contributed by atoms with Gasteiger partial charge in [0.15, 0.2) is 0 Å². The highest BCUT2D eigenvalue weighted by Gasteiger charge is 2.17. The van der Waals surface area contributed by atoms with Gasteiger partial charge in [-0.2, -0.15) is 0 Å². The number of hydrogen-bond acceptors (Lipinski definition) is 1. The topological polar surface area (TPSA) is 36.1 Å². The maximum Gasteiger partial charge on any atom is 0.246 e. The summed E-state index contributed by atoms with van der Waals surface area (Å²) in [6.07, 6.45) is 8.71. The number of nitrogens with zero attached hydrogens (tertiary/aromatic N) is 1. The second-order valence-electron chi connectivity index (χ2n) is 6.76. The lowest BCUT2D eigenvalue weighted by atomic mass is 9.99. The van der Waals surface area contributed by atoms with E-state index in [9.17, 15) is 4.79 Å². The number of aryl methyl sites for hydroxylation is 1. The lowest BCUT2D eigenvalue weighted by Gasteiger charge is -2.25. The zero-order chi connectivity index (χ0) is 17.9. The van der Waals surface area contributed by atoms with Crippen LogP contribution >= 0.6 is 0 Å². The second-order valence-corrected chi connectivity index (χ2v) is 6.76. The Morgan fingerprint density at radius 2 is 2.04 bits per heavy atom. The molecule has 130 valence electrons. The molecule has 0 saturated heterocycles. The van der Waals surface area contributed by atoms with Crippen molar-refractivity contribution in [1.29, 1.82) is 0 Å². The molecular formula is C23H22N2O. The fourth-order valence-electron chi connectivity index (χ4n) is 3.50. The molecule has 1 N–H and O–H groups in total. The summed E-state index contributed by atoms with van der Waals surface area (Å²) in [6.45, 7) is 3.47. The van der Waals surface area contributed by atoms with E-state index in [0.717, 1.165) is 24.0 Å². The molecular weight excluding hydrogens is 320 g/mol. The Balaban J connectivity index is 1.46. The lowest BCUT2D eigenvalue weighted by Crippen LogP contribution is -2.33. The van der Waals surface area contributed by atoms with Crippen LogP contribution in [-0.2, 0) is 4.79 Å². The number of rotatable bonds is 3. The van der Waals surface area contributed by atoms with E-state index in [0.29, 0.717) is 6.54 Å². The van der Waals surface area contributed by atoms with Crippen LogP contribution in [0.4, 0.5) is 0 Å². The van der Waals surface area contributed by atoms with E-state index >= 15 is 0 Å². The molecule has 0 fully saturated rings. The maximum atomic E-state index is 12.5. The highest BCUT2D eigenvalue weighted by Crippen LogP contribution is 2.29. The number of para-hydroxylation sites is 1. The molecule has 4 rings (SSSR count). The minimum Gasteiger partial charge on any atom is -0.361 e. The molecule has 0 aliphatic carbocycles. The minimum atomic E-state index is 0.0701. The number of hydrogen-bond donors (Lipinski definition) is 1. The summed E-state index contributed by atoms with van der Waals surface area (Å²) in [5.41, 5.74) is 5.98. The van der Waals surface area contributed by atoms with E-state index in [1.807, 2.05) is 29.2 Å². The number of amides is 1. The van der Waals surface area contributed by atoms with Crippen molar-refractivity contribution in [2.75, 3.05) is 13.1 Å². The quantitative estimate of drug-likeness (QED) is 0.682. The summed E-state index contributed by atoms with van der Waals surface area (Å²) < 4.78 is 0. The summed E-state index contributed by atoms with van der Waals surface area (Å²) in [5.74, 6) is 0.0701. The zero-order valence-electron chi connectivity index (χ0n) is 14.9. The average Bonchev–Trinajstić information content (AvgIpc) is 3.10. The van der Waals surface area contributed by atoms with E-state index in [2.05, 4.69) is 54.5 Å². The first kappa shape index (κ1) is 16.4. The summed E-state index contributed by atoms with van der Waals surface area (Å²) in [6, 6.07) is 16.5. The lowest BCUT2D eigenvalue weighted by molar-refractivity contribution is -0.125. The SMILES string of the molecule is Cc1cccc(/C=C/C(=O)N2CC=C(c3c[nH]c4ccccc34)CC2)c1. The molecule has 1 aromatic heterocycles. The van der Waals surface area contributed by atoms with Crippen molar-refractivity contribution in [1.82, 2.24) is 9.88 Å². The predicted octanol–water partition coefficient (Wildman–Crippen LogP) is 4.81. The van der Waals surface area contributed by atoms with Gasteiger partial charge in [0, 0.05) is 41.8 Å². The summed E-state index contributed by atoms with van der Waals surface area (Å²) in [4.78, 5) is 17.7. The Labute approximate surface area is 153 Å². The van der Waals surface area contributed by atoms with Crippen LogP contribution in [-0.4, -0.2) is 28.9 Å². The Bertz CT molecular complexity index is 1010. The highest BCUT2D eigenvalue weighted by molar-refractivity contribution is 5.95. The number of aromatic nitrogens is 1. The van der Waals surface area contributed by atoms with Crippen molar-refractivity contribution in [3.63, 3.8) is 0 Å². The number of benzene rings is 2. The molecule has 3 nitrogen and oxygen atoms in total. The molecule has 0 saturated carbocycles. The maximum absolute atomic E-state index is 12.5. The Hall–Kier alpha value is -3.07. The van der Waals surface area contributed by atoms with Crippen LogP contribution in [0.1, 0.15) is 23.1 Å². The fourth-order valence-corrected chi connectivity index (χ4v) is 3.50. The summed E-state index contributed by atoms with van der Waals surface area (Å²) >= 11 is 0. The average molecular weight is 342 g/mol. The minimum absolute atomic E-state index is 0.0701. The molecule has 2 aromatic carbocycles. The van der Waals surface area contributed by atoms with Crippen LogP contribution in [0.3, 0.4) is 0 Å². The molecule has 1 aliphatic rings. The molecule has 0 radical (unpaired) electrons. The highest BCUT2D eigenvalue weighted by atomic mass is 16.2. The van der Waals surface area contributed by atoms with Gasteiger partial charge in [-0.3, -0.25) is 4.79 Å². The van der Waals surface area contributed by atoms with Crippen molar-refractivity contribution in [2.24, 2.45) is 0 Å². The number of aromatic amines is 1. The van der Waals surface area contributed by atoms with Gasteiger partial charge in [-0.1, -0.05) is 54.1 Å². The van der Waals surface area contributed by atoms with Crippen LogP contribution in [0.15, 0.2) is 66.9 Å². The van der Waals surface area contributed by atoms with Crippen LogP contribution in [0.2, 0.25) is 0 Å².